The second kappa shape index (κ2) is 49.7. The summed E-state index contributed by atoms with van der Waals surface area (Å²) in [4.78, 5) is 24.2. The quantitative estimate of drug-likeness (QED) is 0.0377. The summed E-state index contributed by atoms with van der Waals surface area (Å²) in [6.45, 7) is 3.97. The Kier molecular flexibility index (Phi) is 46.6. The number of unbranched alkanes of at least 4 members (excludes halogenated alkanes) is 14. The highest BCUT2D eigenvalue weighted by Crippen LogP contribution is 2.12. The number of carbonyl (C=O) groups excluding carboxylic acids is 2. The summed E-state index contributed by atoms with van der Waals surface area (Å²) < 4.78 is 10.6. The van der Waals surface area contributed by atoms with Gasteiger partial charge in [-0.25, -0.2) is 0 Å². The lowest BCUT2D eigenvalue weighted by Crippen LogP contribution is -2.28. The molecule has 0 amide bonds. The van der Waals surface area contributed by atoms with Gasteiger partial charge in [0.2, 0.25) is 0 Å². The topological polar surface area (TPSA) is 72.8 Å². The molecule has 1 N–H and O–H groups in total. The Balaban J connectivity index is 3.65. The molecule has 0 rings (SSSR count). The highest BCUT2D eigenvalue weighted by molar-refractivity contribution is 5.70. The minimum absolute atomic E-state index is 0.0771. The van der Waals surface area contributed by atoms with Crippen LogP contribution in [0.5, 0.6) is 0 Å². The van der Waals surface area contributed by atoms with Crippen LogP contribution in [0.3, 0.4) is 0 Å². The van der Waals surface area contributed by atoms with Crippen molar-refractivity contribution in [3.8, 4) is 0 Å². The van der Waals surface area contributed by atoms with Crippen LogP contribution in [-0.4, -0.2) is 36.4 Å². The average Bonchev–Trinajstić information content (AvgIpc) is 3.25. The van der Waals surface area contributed by atoms with E-state index < -0.39 is 6.10 Å². The zero-order valence-corrected chi connectivity index (χ0v) is 38.4. The van der Waals surface area contributed by atoms with Crippen molar-refractivity contribution < 1.29 is 24.2 Å². The second-order valence-electron chi connectivity index (χ2n) is 15.5. The van der Waals surface area contributed by atoms with Crippen LogP contribution < -0.4 is 0 Å². The Labute approximate surface area is 369 Å². The van der Waals surface area contributed by atoms with Crippen LogP contribution in [-0.2, 0) is 19.1 Å². The number of rotatable bonds is 42. The predicted octanol–water partition coefficient (Wildman–Crippen LogP) is 16.0. The fourth-order valence-corrected chi connectivity index (χ4v) is 6.17. The molecule has 338 valence electrons. The number of hydrogen-bond donors (Lipinski definition) is 1. The number of ether oxygens (including phenoxy) is 2. The van der Waals surface area contributed by atoms with Gasteiger partial charge in [-0.1, -0.05) is 212 Å². The van der Waals surface area contributed by atoms with E-state index in [1.165, 1.54) is 57.8 Å². The molecular formula is C55H88O5. The van der Waals surface area contributed by atoms with Crippen molar-refractivity contribution in [2.45, 2.75) is 200 Å². The fraction of sp³-hybridized carbons (Fsp3) is 0.600. The van der Waals surface area contributed by atoms with Gasteiger partial charge in [0.15, 0.2) is 6.10 Å². The molecule has 0 bridgehead atoms. The normalized spacial score (nSPS) is 13.3. The SMILES string of the molecule is CC/C=C\C/C=C\C/C=C\C/C=C\C/C=C\C/C=C\C/C=C\C/C=C\C/C=C\C/C=C\CCCCCCCCC(=O)OC(CO)COC(=O)CCCCCCCCCCC. The minimum atomic E-state index is -0.784. The van der Waals surface area contributed by atoms with Gasteiger partial charge < -0.3 is 14.6 Å². The lowest BCUT2D eigenvalue weighted by Gasteiger charge is -2.15. The lowest BCUT2D eigenvalue weighted by atomic mass is 10.1. The van der Waals surface area contributed by atoms with Crippen LogP contribution in [0.2, 0.25) is 0 Å². The van der Waals surface area contributed by atoms with Crippen molar-refractivity contribution in [2.75, 3.05) is 13.2 Å². The Morgan fingerprint density at radius 2 is 0.717 bits per heavy atom. The third-order valence-electron chi connectivity index (χ3n) is 9.77. The van der Waals surface area contributed by atoms with Crippen molar-refractivity contribution >= 4 is 11.9 Å². The van der Waals surface area contributed by atoms with E-state index in [0.29, 0.717) is 12.8 Å². The molecule has 0 aromatic carbocycles. The van der Waals surface area contributed by atoms with Gasteiger partial charge in [-0.2, -0.15) is 0 Å². The van der Waals surface area contributed by atoms with Crippen molar-refractivity contribution in [1.29, 1.82) is 0 Å². The highest BCUT2D eigenvalue weighted by Gasteiger charge is 2.16. The summed E-state index contributed by atoms with van der Waals surface area (Å²) in [5.74, 6) is -0.619. The number of aliphatic hydroxyl groups is 1. The van der Waals surface area contributed by atoms with Crippen LogP contribution >= 0.6 is 0 Å². The van der Waals surface area contributed by atoms with Gasteiger partial charge in [0.05, 0.1) is 6.61 Å². The molecule has 0 spiro atoms. The Morgan fingerprint density at radius 1 is 0.400 bits per heavy atom. The maximum Gasteiger partial charge on any atom is 0.306 e. The molecule has 0 saturated carbocycles. The molecule has 0 aliphatic rings. The van der Waals surface area contributed by atoms with E-state index in [4.69, 9.17) is 9.47 Å². The first kappa shape index (κ1) is 56.3. The molecule has 1 unspecified atom stereocenters. The number of hydrogen-bond acceptors (Lipinski definition) is 5. The largest absolute Gasteiger partial charge is 0.462 e. The molecule has 0 fully saturated rings. The van der Waals surface area contributed by atoms with E-state index in [1.54, 1.807) is 0 Å². The molecule has 1 atom stereocenters. The second-order valence-corrected chi connectivity index (χ2v) is 15.5. The Morgan fingerprint density at radius 3 is 1.08 bits per heavy atom. The van der Waals surface area contributed by atoms with Crippen molar-refractivity contribution in [3.63, 3.8) is 0 Å². The summed E-state index contributed by atoms with van der Waals surface area (Å²) in [5.41, 5.74) is 0. The first-order valence-electron chi connectivity index (χ1n) is 24.1. The number of carbonyl (C=O) groups is 2. The molecule has 5 nitrogen and oxygen atoms in total. The fourth-order valence-electron chi connectivity index (χ4n) is 6.17. The summed E-state index contributed by atoms with van der Waals surface area (Å²) >= 11 is 0. The molecule has 0 saturated heterocycles. The van der Waals surface area contributed by atoms with Gasteiger partial charge in [-0.3, -0.25) is 9.59 Å². The third-order valence-corrected chi connectivity index (χ3v) is 9.77. The van der Waals surface area contributed by atoms with E-state index in [-0.39, 0.29) is 25.2 Å². The molecule has 5 heteroatoms. The van der Waals surface area contributed by atoms with Gasteiger partial charge in [0, 0.05) is 12.8 Å². The van der Waals surface area contributed by atoms with Crippen molar-refractivity contribution in [3.05, 3.63) is 122 Å². The molecule has 0 aromatic heterocycles. The summed E-state index contributed by atoms with van der Waals surface area (Å²) in [7, 11) is 0. The van der Waals surface area contributed by atoms with E-state index in [1.807, 2.05) is 0 Å². The lowest BCUT2D eigenvalue weighted by molar-refractivity contribution is -0.161. The van der Waals surface area contributed by atoms with Crippen LogP contribution in [0.1, 0.15) is 194 Å². The zero-order valence-electron chi connectivity index (χ0n) is 38.4. The Bertz CT molecular complexity index is 1260. The zero-order chi connectivity index (χ0) is 43.5. The molecule has 60 heavy (non-hydrogen) atoms. The molecule has 0 aromatic rings. The van der Waals surface area contributed by atoms with Crippen LogP contribution in [0.15, 0.2) is 122 Å². The van der Waals surface area contributed by atoms with Gasteiger partial charge in [0.25, 0.3) is 0 Å². The van der Waals surface area contributed by atoms with Crippen molar-refractivity contribution in [2.24, 2.45) is 0 Å². The molecule has 0 aliphatic carbocycles. The number of aliphatic hydroxyl groups excluding tert-OH is 1. The smallest absolute Gasteiger partial charge is 0.306 e. The van der Waals surface area contributed by atoms with Crippen LogP contribution in [0.25, 0.3) is 0 Å². The van der Waals surface area contributed by atoms with Crippen LogP contribution in [0.4, 0.5) is 0 Å². The van der Waals surface area contributed by atoms with E-state index in [9.17, 15) is 14.7 Å². The number of esters is 2. The molecule has 0 heterocycles. The first-order valence-corrected chi connectivity index (χ1v) is 24.1. The predicted molar refractivity (Wildman–Crippen MR) is 260 cm³/mol. The Hall–Kier alpha value is -3.70. The van der Waals surface area contributed by atoms with Crippen LogP contribution in [0, 0.1) is 0 Å². The van der Waals surface area contributed by atoms with Gasteiger partial charge in [-0.15, -0.1) is 0 Å². The summed E-state index contributed by atoms with van der Waals surface area (Å²) in [6, 6.07) is 0. The van der Waals surface area contributed by atoms with Gasteiger partial charge in [0.1, 0.15) is 6.61 Å². The standard InChI is InChI=1S/C55H88O5/c1-3-5-7-9-11-13-14-15-16-17-18-19-20-21-22-23-24-25-26-27-28-29-30-31-32-33-34-35-36-37-38-39-40-42-44-46-48-50-55(58)60-53(51-56)52-59-54(57)49-47-45-43-41-12-10-8-6-4-2/h5,7,11,13,15-16,18-19,21-22,24-25,27-28,30-31,33-34,36-37,53,56H,3-4,6,8-10,12,14,17,20,23,26,29,32,35,38-52H2,1-2H3/b7-5-,13-11-,16-15-,19-18-,22-21-,25-24-,28-27-,31-30-,34-33-,37-36-. The minimum Gasteiger partial charge on any atom is -0.462 e. The van der Waals surface area contributed by atoms with E-state index in [0.717, 1.165) is 109 Å². The molecular weight excluding hydrogens is 741 g/mol. The highest BCUT2D eigenvalue weighted by atomic mass is 16.6. The van der Waals surface area contributed by atoms with E-state index >= 15 is 0 Å². The maximum absolute atomic E-state index is 12.2. The monoisotopic (exact) mass is 829 g/mol. The van der Waals surface area contributed by atoms with Gasteiger partial charge in [-0.05, 0) is 89.9 Å². The molecule has 0 radical (unpaired) electrons. The van der Waals surface area contributed by atoms with Crippen molar-refractivity contribution in [1.82, 2.24) is 0 Å². The summed E-state index contributed by atoms with van der Waals surface area (Å²) in [5, 5.41) is 9.56. The third kappa shape index (κ3) is 47.0. The summed E-state index contributed by atoms with van der Waals surface area (Å²) in [6.07, 6.45) is 72.9. The average molecular weight is 829 g/mol. The maximum atomic E-state index is 12.2. The van der Waals surface area contributed by atoms with Gasteiger partial charge >= 0.3 is 11.9 Å². The first-order chi connectivity index (χ1) is 29.6. The van der Waals surface area contributed by atoms with E-state index in [2.05, 4.69) is 135 Å². The molecule has 0 aliphatic heterocycles. The number of allylic oxidation sites excluding steroid dienone is 20.